The number of allylic oxidation sites excluding steroid dienone is 1. The first-order valence-electron chi connectivity index (χ1n) is 1.68. The summed E-state index contributed by atoms with van der Waals surface area (Å²) in [5.74, 6) is 0. The molecule has 0 aromatic heterocycles. The highest BCUT2D eigenvalue weighted by atomic mass is 35.5. The molecule has 0 rings (SSSR count). The van der Waals surface area contributed by atoms with Crippen molar-refractivity contribution in [2.45, 2.75) is 5.28 Å². The Hall–Kier alpha value is 0.385. The molecule has 0 aromatic rings. The van der Waals surface area contributed by atoms with E-state index in [1.165, 1.54) is 5.54 Å². The third-order valence-corrected chi connectivity index (χ3v) is 0.629. The average Bonchev–Trinajstić information content (AvgIpc) is 1.35. The summed E-state index contributed by atoms with van der Waals surface area (Å²) in [7, 11) is 1.85. The molecule has 34 valence electrons. The maximum Gasteiger partial charge on any atom is 0.129 e. The van der Waals surface area contributed by atoms with E-state index in [-0.39, 0.29) is 5.28 Å². The van der Waals surface area contributed by atoms with Crippen LogP contribution in [0.3, 0.4) is 0 Å². The highest BCUT2D eigenvalue weighted by molar-refractivity contribution is 6.42. The molecule has 0 amide bonds. The molecule has 0 aliphatic rings. The zero-order valence-corrected chi connectivity index (χ0v) is 5.00. The minimum atomic E-state index is 0.0579. The molecule has 0 spiro atoms. The molecule has 6 heavy (non-hydrogen) atoms. The lowest BCUT2D eigenvalue weighted by atomic mass is 10.1. The van der Waals surface area contributed by atoms with Gasteiger partial charge in [0.25, 0.3) is 0 Å². The van der Waals surface area contributed by atoms with Crippen molar-refractivity contribution in [1.29, 1.82) is 0 Å². The smallest absolute Gasteiger partial charge is 0.128 e. The Morgan fingerprint density at radius 2 is 2.17 bits per heavy atom. The Morgan fingerprint density at radius 3 is 2.17 bits per heavy atom. The van der Waals surface area contributed by atoms with Gasteiger partial charge in [0.05, 0.1) is 0 Å². The molecule has 0 N–H and O–H groups in total. The Kier molecular flexibility index (Phi) is 3.80. The van der Waals surface area contributed by atoms with Gasteiger partial charge in [-0.2, -0.15) is 0 Å². The van der Waals surface area contributed by atoms with Crippen LogP contribution in [0.2, 0.25) is 0 Å². The van der Waals surface area contributed by atoms with Crippen molar-refractivity contribution < 1.29 is 0 Å². The summed E-state index contributed by atoms with van der Waals surface area (Å²) in [5, 5.41) is 0.0579. The van der Waals surface area contributed by atoms with Crippen LogP contribution in [0.25, 0.3) is 0 Å². The molecular weight excluding hydrogens is 118 g/mol. The van der Waals surface area contributed by atoms with E-state index in [1.54, 1.807) is 6.08 Å². The standard InChI is InChI=1S/C3H5BCl2/c4-3(6)1-2-5/h1-3H,4H2. The Labute approximate surface area is 48.5 Å². The van der Waals surface area contributed by atoms with Crippen LogP contribution in [-0.4, -0.2) is 13.1 Å². The maximum absolute atomic E-state index is 5.41. The highest BCUT2D eigenvalue weighted by Gasteiger charge is 1.81. The molecule has 0 aliphatic carbocycles. The Morgan fingerprint density at radius 1 is 1.67 bits per heavy atom. The number of hydrogen-bond acceptors (Lipinski definition) is 0. The number of alkyl halides is 1. The molecule has 0 fully saturated rings. The lowest BCUT2D eigenvalue weighted by Gasteiger charge is -1.82. The average molecular weight is 123 g/mol. The van der Waals surface area contributed by atoms with Gasteiger partial charge in [0, 0.05) is 10.8 Å². The van der Waals surface area contributed by atoms with Crippen LogP contribution >= 0.6 is 23.2 Å². The normalized spacial score (nSPS) is 15.7. The third-order valence-electron chi connectivity index (χ3n) is 0.338. The molecular formula is C3H5BCl2. The van der Waals surface area contributed by atoms with E-state index in [0.29, 0.717) is 0 Å². The second kappa shape index (κ2) is 3.57. The van der Waals surface area contributed by atoms with E-state index in [2.05, 4.69) is 0 Å². The number of halogens is 2. The zero-order chi connectivity index (χ0) is 4.99. The van der Waals surface area contributed by atoms with Crippen molar-refractivity contribution >= 4 is 31.0 Å². The lowest BCUT2D eigenvalue weighted by Crippen LogP contribution is -1.86. The predicted octanol–water partition coefficient (Wildman–Crippen LogP) is 0.937. The van der Waals surface area contributed by atoms with Crippen molar-refractivity contribution in [2.24, 2.45) is 0 Å². The maximum atomic E-state index is 5.41. The topological polar surface area (TPSA) is 0 Å². The van der Waals surface area contributed by atoms with Crippen molar-refractivity contribution in [1.82, 2.24) is 0 Å². The van der Waals surface area contributed by atoms with E-state index in [9.17, 15) is 0 Å². The summed E-state index contributed by atoms with van der Waals surface area (Å²) in [5.41, 5.74) is 1.41. The SMILES string of the molecule is BC(Cl)C=CCl. The summed E-state index contributed by atoms with van der Waals surface area (Å²) >= 11 is 10.5. The summed E-state index contributed by atoms with van der Waals surface area (Å²) in [6, 6.07) is 0. The largest absolute Gasteiger partial charge is 0.129 e. The quantitative estimate of drug-likeness (QED) is 0.359. The van der Waals surface area contributed by atoms with Crippen LogP contribution in [0.1, 0.15) is 0 Å². The molecule has 0 radical (unpaired) electrons. The summed E-state index contributed by atoms with van der Waals surface area (Å²) in [6.45, 7) is 0. The first-order chi connectivity index (χ1) is 2.77. The van der Waals surface area contributed by atoms with Crippen LogP contribution in [0.4, 0.5) is 0 Å². The van der Waals surface area contributed by atoms with Gasteiger partial charge in [-0.15, -0.1) is 11.6 Å². The highest BCUT2D eigenvalue weighted by Crippen LogP contribution is 1.90. The molecule has 0 heterocycles. The van der Waals surface area contributed by atoms with Crippen molar-refractivity contribution in [3.63, 3.8) is 0 Å². The van der Waals surface area contributed by atoms with Crippen molar-refractivity contribution in [2.75, 3.05) is 0 Å². The summed E-state index contributed by atoms with van der Waals surface area (Å²) in [4.78, 5) is 0. The predicted molar refractivity (Wildman–Crippen MR) is 33.2 cm³/mol. The second-order valence-electron chi connectivity index (χ2n) is 0.996. The fourth-order valence-corrected chi connectivity index (χ4v) is 0.466. The van der Waals surface area contributed by atoms with Crippen LogP contribution in [0, 0.1) is 0 Å². The number of rotatable bonds is 1. The number of hydrogen-bond donors (Lipinski definition) is 0. The van der Waals surface area contributed by atoms with Crippen LogP contribution in [-0.2, 0) is 0 Å². The summed E-state index contributed by atoms with van der Waals surface area (Å²) < 4.78 is 0. The molecule has 1 unspecified atom stereocenters. The van der Waals surface area contributed by atoms with Gasteiger partial charge in [0.1, 0.15) is 7.85 Å². The van der Waals surface area contributed by atoms with Crippen LogP contribution in [0.15, 0.2) is 11.6 Å². The lowest BCUT2D eigenvalue weighted by molar-refractivity contribution is 1.62. The van der Waals surface area contributed by atoms with Gasteiger partial charge >= 0.3 is 0 Å². The minimum Gasteiger partial charge on any atom is -0.128 e. The first-order valence-corrected chi connectivity index (χ1v) is 2.55. The molecule has 0 saturated heterocycles. The first kappa shape index (κ1) is 6.38. The van der Waals surface area contributed by atoms with Gasteiger partial charge in [-0.1, -0.05) is 17.7 Å². The molecule has 0 aliphatic heterocycles. The van der Waals surface area contributed by atoms with E-state index >= 15 is 0 Å². The third kappa shape index (κ3) is 4.38. The van der Waals surface area contributed by atoms with Crippen molar-refractivity contribution in [3.8, 4) is 0 Å². The van der Waals surface area contributed by atoms with Gasteiger partial charge in [-0.05, 0) is 0 Å². The van der Waals surface area contributed by atoms with Crippen LogP contribution < -0.4 is 0 Å². The zero-order valence-electron chi connectivity index (χ0n) is 3.49. The minimum absolute atomic E-state index is 0.0579. The van der Waals surface area contributed by atoms with Gasteiger partial charge < -0.3 is 0 Å². The molecule has 1 atom stereocenters. The molecule has 0 saturated carbocycles. The van der Waals surface area contributed by atoms with E-state index in [4.69, 9.17) is 23.2 Å². The Balaban J connectivity index is 3.03. The monoisotopic (exact) mass is 122 g/mol. The van der Waals surface area contributed by atoms with E-state index < -0.39 is 0 Å². The molecule has 0 aromatic carbocycles. The van der Waals surface area contributed by atoms with Gasteiger partial charge in [0.15, 0.2) is 0 Å². The fraction of sp³-hybridized carbons (Fsp3) is 0.333. The van der Waals surface area contributed by atoms with Gasteiger partial charge in [0.2, 0.25) is 0 Å². The Bertz CT molecular complexity index is 50.8. The molecule has 3 heteroatoms. The van der Waals surface area contributed by atoms with Gasteiger partial charge in [-0.3, -0.25) is 0 Å². The fourth-order valence-electron chi connectivity index (χ4n) is 0.100. The van der Waals surface area contributed by atoms with Gasteiger partial charge in [-0.25, -0.2) is 0 Å². The van der Waals surface area contributed by atoms with Crippen LogP contribution in [0.5, 0.6) is 0 Å². The van der Waals surface area contributed by atoms with Crippen molar-refractivity contribution in [3.05, 3.63) is 11.6 Å². The molecule has 0 bridgehead atoms. The van der Waals surface area contributed by atoms with E-state index in [1.807, 2.05) is 7.85 Å². The second-order valence-corrected chi connectivity index (χ2v) is 1.94. The summed E-state index contributed by atoms with van der Waals surface area (Å²) in [6.07, 6.45) is 1.70. The van der Waals surface area contributed by atoms with E-state index in [0.717, 1.165) is 0 Å². The molecule has 0 nitrogen and oxygen atoms in total.